The SMILES string of the molecule is COc1ccc(NCC(C)Nc2ccc(OC)cc2)cc1. The largest absolute Gasteiger partial charge is 0.497 e. The molecule has 2 aromatic carbocycles. The van der Waals surface area contributed by atoms with Crippen LogP contribution >= 0.6 is 0 Å². The van der Waals surface area contributed by atoms with E-state index in [9.17, 15) is 0 Å². The molecule has 112 valence electrons. The van der Waals surface area contributed by atoms with Crippen molar-refractivity contribution < 1.29 is 9.47 Å². The Morgan fingerprint density at radius 1 is 0.810 bits per heavy atom. The predicted molar refractivity (Wildman–Crippen MR) is 87.6 cm³/mol. The van der Waals surface area contributed by atoms with E-state index in [0.717, 1.165) is 29.4 Å². The lowest BCUT2D eigenvalue weighted by molar-refractivity contribution is 0.414. The Bertz CT molecular complexity index is 538. The number of benzene rings is 2. The van der Waals surface area contributed by atoms with Gasteiger partial charge in [0, 0.05) is 24.0 Å². The third-order valence-electron chi connectivity index (χ3n) is 3.21. The van der Waals surface area contributed by atoms with Crippen LogP contribution in [0.1, 0.15) is 6.92 Å². The lowest BCUT2D eigenvalue weighted by atomic mass is 10.2. The van der Waals surface area contributed by atoms with Crippen LogP contribution in [0.2, 0.25) is 0 Å². The monoisotopic (exact) mass is 286 g/mol. The minimum Gasteiger partial charge on any atom is -0.497 e. The van der Waals surface area contributed by atoms with Crippen LogP contribution in [0.3, 0.4) is 0 Å². The van der Waals surface area contributed by atoms with Gasteiger partial charge in [-0.25, -0.2) is 0 Å². The molecule has 0 aromatic heterocycles. The molecule has 0 amide bonds. The first-order valence-electron chi connectivity index (χ1n) is 7.00. The molecule has 1 atom stereocenters. The van der Waals surface area contributed by atoms with E-state index in [2.05, 4.69) is 17.6 Å². The molecule has 0 bridgehead atoms. The van der Waals surface area contributed by atoms with Gasteiger partial charge in [-0.3, -0.25) is 0 Å². The summed E-state index contributed by atoms with van der Waals surface area (Å²) in [7, 11) is 3.34. The van der Waals surface area contributed by atoms with Crippen LogP contribution in [0.4, 0.5) is 11.4 Å². The lowest BCUT2D eigenvalue weighted by Gasteiger charge is -2.17. The first-order valence-corrected chi connectivity index (χ1v) is 7.00. The summed E-state index contributed by atoms with van der Waals surface area (Å²) in [4.78, 5) is 0. The molecule has 0 aliphatic rings. The smallest absolute Gasteiger partial charge is 0.119 e. The topological polar surface area (TPSA) is 42.5 Å². The fourth-order valence-corrected chi connectivity index (χ4v) is 2.00. The van der Waals surface area contributed by atoms with Gasteiger partial charge < -0.3 is 20.1 Å². The van der Waals surface area contributed by atoms with E-state index in [1.807, 2.05) is 48.5 Å². The first-order chi connectivity index (χ1) is 10.2. The zero-order valence-electron chi connectivity index (χ0n) is 12.7. The second-order valence-electron chi connectivity index (χ2n) is 4.88. The standard InChI is InChI=1S/C17H22N2O2/c1-13(19-15-6-10-17(21-3)11-7-15)12-18-14-4-8-16(20-2)9-5-14/h4-11,13,18-19H,12H2,1-3H3. The molecule has 0 aliphatic carbocycles. The molecule has 0 radical (unpaired) electrons. The summed E-state index contributed by atoms with van der Waals surface area (Å²) in [6.45, 7) is 2.97. The summed E-state index contributed by atoms with van der Waals surface area (Å²) in [5, 5.41) is 6.84. The molecule has 0 fully saturated rings. The van der Waals surface area contributed by atoms with E-state index in [1.54, 1.807) is 14.2 Å². The van der Waals surface area contributed by atoms with Crippen molar-refractivity contribution >= 4 is 11.4 Å². The first kappa shape index (κ1) is 15.0. The Hall–Kier alpha value is -2.36. The number of rotatable bonds is 7. The number of hydrogen-bond acceptors (Lipinski definition) is 4. The molecule has 1 unspecified atom stereocenters. The van der Waals surface area contributed by atoms with Gasteiger partial charge in [-0.2, -0.15) is 0 Å². The number of hydrogen-bond donors (Lipinski definition) is 2. The van der Waals surface area contributed by atoms with Gasteiger partial charge in [-0.15, -0.1) is 0 Å². The van der Waals surface area contributed by atoms with Gasteiger partial charge in [0.25, 0.3) is 0 Å². The summed E-state index contributed by atoms with van der Waals surface area (Å²) in [5.41, 5.74) is 2.17. The molecule has 21 heavy (non-hydrogen) atoms. The van der Waals surface area contributed by atoms with Crippen molar-refractivity contribution in [2.45, 2.75) is 13.0 Å². The van der Waals surface area contributed by atoms with E-state index in [0.29, 0.717) is 6.04 Å². The second kappa shape index (κ2) is 7.43. The van der Waals surface area contributed by atoms with E-state index >= 15 is 0 Å². The Balaban J connectivity index is 1.81. The summed E-state index contributed by atoms with van der Waals surface area (Å²) in [5.74, 6) is 1.73. The Morgan fingerprint density at radius 3 is 1.76 bits per heavy atom. The highest BCUT2D eigenvalue weighted by Gasteiger charge is 2.02. The maximum atomic E-state index is 5.15. The molecule has 0 saturated carbocycles. The quantitative estimate of drug-likeness (QED) is 0.816. The fourth-order valence-electron chi connectivity index (χ4n) is 2.00. The molecule has 2 N–H and O–H groups in total. The van der Waals surface area contributed by atoms with Crippen LogP contribution in [-0.4, -0.2) is 26.8 Å². The van der Waals surface area contributed by atoms with E-state index < -0.39 is 0 Å². The van der Waals surface area contributed by atoms with Gasteiger partial charge >= 0.3 is 0 Å². The molecule has 2 rings (SSSR count). The summed E-state index contributed by atoms with van der Waals surface area (Å²) in [6, 6.07) is 16.2. The molecule has 0 heterocycles. The normalized spacial score (nSPS) is 11.6. The zero-order chi connectivity index (χ0) is 15.1. The van der Waals surface area contributed by atoms with Crippen LogP contribution in [0.15, 0.2) is 48.5 Å². The van der Waals surface area contributed by atoms with Gasteiger partial charge in [0.15, 0.2) is 0 Å². The molecular formula is C17H22N2O2. The van der Waals surface area contributed by atoms with E-state index in [4.69, 9.17) is 9.47 Å². The van der Waals surface area contributed by atoms with Crippen molar-refractivity contribution in [1.29, 1.82) is 0 Å². The van der Waals surface area contributed by atoms with Gasteiger partial charge in [0.1, 0.15) is 11.5 Å². The molecule has 0 saturated heterocycles. The molecule has 2 aromatic rings. The average molecular weight is 286 g/mol. The summed E-state index contributed by atoms with van der Waals surface area (Å²) in [6.07, 6.45) is 0. The minimum atomic E-state index is 0.306. The Morgan fingerprint density at radius 2 is 1.29 bits per heavy atom. The van der Waals surface area contributed by atoms with E-state index in [-0.39, 0.29) is 0 Å². The van der Waals surface area contributed by atoms with Gasteiger partial charge in [-0.05, 0) is 55.5 Å². The highest BCUT2D eigenvalue weighted by atomic mass is 16.5. The van der Waals surface area contributed by atoms with Crippen LogP contribution in [0, 0.1) is 0 Å². The molecule has 0 spiro atoms. The predicted octanol–water partition coefficient (Wildman–Crippen LogP) is 3.62. The number of anilines is 2. The van der Waals surface area contributed by atoms with Crippen LogP contribution in [0.5, 0.6) is 11.5 Å². The number of methoxy groups -OCH3 is 2. The minimum absolute atomic E-state index is 0.306. The van der Waals surface area contributed by atoms with Crippen LogP contribution in [-0.2, 0) is 0 Å². The Kier molecular flexibility index (Phi) is 5.32. The van der Waals surface area contributed by atoms with Crippen molar-refractivity contribution in [3.63, 3.8) is 0 Å². The van der Waals surface area contributed by atoms with Crippen molar-refractivity contribution in [1.82, 2.24) is 0 Å². The number of ether oxygens (including phenoxy) is 2. The van der Waals surface area contributed by atoms with Gasteiger partial charge in [0.2, 0.25) is 0 Å². The fraction of sp³-hybridized carbons (Fsp3) is 0.294. The number of nitrogens with one attached hydrogen (secondary N) is 2. The van der Waals surface area contributed by atoms with Crippen molar-refractivity contribution in [2.24, 2.45) is 0 Å². The highest BCUT2D eigenvalue weighted by molar-refractivity contribution is 5.49. The van der Waals surface area contributed by atoms with Crippen molar-refractivity contribution in [3.05, 3.63) is 48.5 Å². The second-order valence-corrected chi connectivity index (χ2v) is 4.88. The molecular weight excluding hydrogens is 264 g/mol. The van der Waals surface area contributed by atoms with Crippen LogP contribution in [0.25, 0.3) is 0 Å². The molecule has 0 aliphatic heterocycles. The van der Waals surface area contributed by atoms with Crippen LogP contribution < -0.4 is 20.1 Å². The summed E-state index contributed by atoms with van der Waals surface area (Å²) >= 11 is 0. The van der Waals surface area contributed by atoms with Crippen molar-refractivity contribution in [3.8, 4) is 11.5 Å². The van der Waals surface area contributed by atoms with Gasteiger partial charge in [0.05, 0.1) is 14.2 Å². The lowest BCUT2D eigenvalue weighted by Crippen LogP contribution is -2.24. The average Bonchev–Trinajstić information content (AvgIpc) is 2.54. The van der Waals surface area contributed by atoms with E-state index in [1.165, 1.54) is 0 Å². The maximum absolute atomic E-state index is 5.15. The third-order valence-corrected chi connectivity index (χ3v) is 3.21. The third kappa shape index (κ3) is 4.60. The van der Waals surface area contributed by atoms with Gasteiger partial charge in [-0.1, -0.05) is 0 Å². The maximum Gasteiger partial charge on any atom is 0.119 e. The molecule has 4 heteroatoms. The molecule has 4 nitrogen and oxygen atoms in total. The summed E-state index contributed by atoms with van der Waals surface area (Å²) < 4.78 is 10.3. The zero-order valence-corrected chi connectivity index (χ0v) is 12.7. The highest BCUT2D eigenvalue weighted by Crippen LogP contribution is 2.17. The van der Waals surface area contributed by atoms with Crippen molar-refractivity contribution in [2.75, 3.05) is 31.4 Å². The Labute approximate surface area is 126 Å².